The first kappa shape index (κ1) is 25.4. The highest BCUT2D eigenvalue weighted by atomic mass is 16.3. The molecule has 4 nitrogen and oxygen atoms in total. The van der Waals surface area contributed by atoms with Crippen LogP contribution in [0.2, 0.25) is 0 Å². The molecule has 210 valence electrons. The molecule has 45 heavy (non-hydrogen) atoms. The van der Waals surface area contributed by atoms with Gasteiger partial charge in [-0.1, -0.05) is 127 Å². The summed E-state index contributed by atoms with van der Waals surface area (Å²) in [6, 6.07) is 52.2. The van der Waals surface area contributed by atoms with Crippen LogP contribution in [0, 0.1) is 0 Å². The van der Waals surface area contributed by atoms with Gasteiger partial charge in [-0.15, -0.1) is 0 Å². The highest BCUT2D eigenvalue weighted by molar-refractivity contribution is 6.26. The Labute approximate surface area is 259 Å². The zero-order valence-electron chi connectivity index (χ0n) is 24.2. The standard InChI is InChI=1S/C41H25N3O/c1-3-10-26(11-4-1)29-14-9-15-31(24-29)40-42-39(28-12-5-2-6-13-28)43-41(44-40)32-20-22-33-30(25-32)19-18-27-21-23-36-38(37(27)33)34-16-7-8-17-35(34)45-36/h1-25H. The summed E-state index contributed by atoms with van der Waals surface area (Å²) in [6.07, 6.45) is 0. The Hall–Kier alpha value is -6.13. The maximum atomic E-state index is 6.22. The molecule has 0 saturated heterocycles. The summed E-state index contributed by atoms with van der Waals surface area (Å²) in [6.45, 7) is 0. The van der Waals surface area contributed by atoms with E-state index in [4.69, 9.17) is 19.4 Å². The van der Waals surface area contributed by atoms with Crippen molar-refractivity contribution >= 4 is 43.5 Å². The second-order valence-corrected chi connectivity index (χ2v) is 11.3. The van der Waals surface area contributed by atoms with Gasteiger partial charge in [0.05, 0.1) is 0 Å². The zero-order chi connectivity index (χ0) is 29.7. The van der Waals surface area contributed by atoms with E-state index in [2.05, 4.69) is 103 Å². The van der Waals surface area contributed by atoms with Crippen LogP contribution in [0.1, 0.15) is 0 Å². The van der Waals surface area contributed by atoms with Crippen molar-refractivity contribution in [1.82, 2.24) is 15.0 Å². The molecule has 2 heterocycles. The fourth-order valence-corrected chi connectivity index (χ4v) is 6.33. The monoisotopic (exact) mass is 575 g/mol. The minimum atomic E-state index is 0.637. The molecule has 0 aliphatic rings. The highest BCUT2D eigenvalue weighted by Crippen LogP contribution is 2.39. The van der Waals surface area contributed by atoms with E-state index in [1.807, 2.05) is 48.5 Å². The number of nitrogens with zero attached hydrogens (tertiary/aromatic N) is 3. The molecule has 9 rings (SSSR count). The number of benzene rings is 7. The summed E-state index contributed by atoms with van der Waals surface area (Å²) >= 11 is 0. The van der Waals surface area contributed by atoms with Crippen molar-refractivity contribution < 1.29 is 4.42 Å². The summed E-state index contributed by atoms with van der Waals surface area (Å²) in [4.78, 5) is 15.0. The largest absolute Gasteiger partial charge is 0.456 e. The number of rotatable bonds is 4. The molecule has 0 amide bonds. The number of aromatic nitrogens is 3. The van der Waals surface area contributed by atoms with Crippen LogP contribution in [0.4, 0.5) is 0 Å². The summed E-state index contributed by atoms with van der Waals surface area (Å²) in [5.41, 5.74) is 6.89. The number of hydrogen-bond donors (Lipinski definition) is 0. The molecule has 0 fully saturated rings. The van der Waals surface area contributed by atoms with Gasteiger partial charge in [-0.2, -0.15) is 0 Å². The Morgan fingerprint density at radius 3 is 1.73 bits per heavy atom. The van der Waals surface area contributed by atoms with Gasteiger partial charge in [0.1, 0.15) is 11.2 Å². The average Bonchev–Trinajstić information content (AvgIpc) is 3.51. The third-order valence-electron chi connectivity index (χ3n) is 8.49. The summed E-state index contributed by atoms with van der Waals surface area (Å²) in [5.74, 6) is 1.92. The van der Waals surface area contributed by atoms with Crippen molar-refractivity contribution in [2.45, 2.75) is 0 Å². The van der Waals surface area contributed by atoms with Gasteiger partial charge in [0, 0.05) is 32.8 Å². The van der Waals surface area contributed by atoms with E-state index in [0.29, 0.717) is 17.5 Å². The van der Waals surface area contributed by atoms with Crippen molar-refractivity contribution in [3.8, 4) is 45.3 Å². The Morgan fingerprint density at radius 2 is 0.933 bits per heavy atom. The lowest BCUT2D eigenvalue weighted by Crippen LogP contribution is -2.00. The topological polar surface area (TPSA) is 51.8 Å². The molecule has 0 saturated carbocycles. The number of para-hydroxylation sites is 1. The third-order valence-corrected chi connectivity index (χ3v) is 8.49. The van der Waals surface area contributed by atoms with Gasteiger partial charge < -0.3 is 4.42 Å². The Balaban J connectivity index is 1.24. The number of hydrogen-bond acceptors (Lipinski definition) is 4. The van der Waals surface area contributed by atoms with Gasteiger partial charge in [0.2, 0.25) is 0 Å². The van der Waals surface area contributed by atoms with Crippen molar-refractivity contribution in [1.29, 1.82) is 0 Å². The second kappa shape index (κ2) is 10.2. The molecule has 2 aromatic heterocycles. The van der Waals surface area contributed by atoms with E-state index in [9.17, 15) is 0 Å². The molecule has 0 aliphatic carbocycles. The molecule has 0 atom stereocenters. The Bertz CT molecular complexity index is 2540. The first-order valence-corrected chi connectivity index (χ1v) is 15.0. The molecule has 0 aliphatic heterocycles. The van der Waals surface area contributed by atoms with Gasteiger partial charge in [0.15, 0.2) is 17.5 Å². The van der Waals surface area contributed by atoms with Crippen LogP contribution in [0.25, 0.3) is 88.8 Å². The van der Waals surface area contributed by atoms with E-state index in [0.717, 1.165) is 55.1 Å². The SMILES string of the molecule is c1ccc(-c2cccc(-c3nc(-c4ccccc4)nc(-c4ccc5c(ccc6ccc7oc8ccccc8c7c65)c4)n3)c2)cc1. The van der Waals surface area contributed by atoms with Crippen LogP contribution in [0.3, 0.4) is 0 Å². The van der Waals surface area contributed by atoms with Crippen molar-refractivity contribution in [2.24, 2.45) is 0 Å². The molecular formula is C41H25N3O. The van der Waals surface area contributed by atoms with Crippen LogP contribution in [0.5, 0.6) is 0 Å². The van der Waals surface area contributed by atoms with E-state index in [1.165, 1.54) is 16.2 Å². The van der Waals surface area contributed by atoms with Crippen LogP contribution in [-0.2, 0) is 0 Å². The summed E-state index contributed by atoms with van der Waals surface area (Å²) < 4.78 is 6.22. The molecule has 7 aromatic carbocycles. The van der Waals surface area contributed by atoms with Crippen molar-refractivity contribution in [3.05, 3.63) is 152 Å². The van der Waals surface area contributed by atoms with Crippen LogP contribution < -0.4 is 0 Å². The maximum absolute atomic E-state index is 6.22. The van der Waals surface area contributed by atoms with Crippen LogP contribution in [-0.4, -0.2) is 15.0 Å². The van der Waals surface area contributed by atoms with E-state index in [-0.39, 0.29) is 0 Å². The van der Waals surface area contributed by atoms with E-state index < -0.39 is 0 Å². The first-order chi connectivity index (χ1) is 22.3. The lowest BCUT2D eigenvalue weighted by Gasteiger charge is -2.11. The molecule has 0 spiro atoms. The highest BCUT2D eigenvalue weighted by Gasteiger charge is 2.16. The molecular weight excluding hydrogens is 550 g/mol. The number of fused-ring (bicyclic) bond motifs is 7. The normalized spacial score (nSPS) is 11.6. The van der Waals surface area contributed by atoms with Crippen molar-refractivity contribution in [3.63, 3.8) is 0 Å². The molecule has 0 radical (unpaired) electrons. The molecule has 0 unspecified atom stereocenters. The first-order valence-electron chi connectivity index (χ1n) is 15.0. The fraction of sp³-hybridized carbons (Fsp3) is 0. The predicted molar refractivity (Wildman–Crippen MR) is 184 cm³/mol. The Kier molecular flexibility index (Phi) is 5.78. The van der Waals surface area contributed by atoms with Crippen molar-refractivity contribution in [2.75, 3.05) is 0 Å². The van der Waals surface area contributed by atoms with Gasteiger partial charge in [0.25, 0.3) is 0 Å². The summed E-state index contributed by atoms with van der Waals surface area (Å²) in [7, 11) is 0. The Morgan fingerprint density at radius 1 is 0.333 bits per heavy atom. The molecule has 0 N–H and O–H groups in total. The molecule has 9 aromatic rings. The second-order valence-electron chi connectivity index (χ2n) is 11.3. The quantitative estimate of drug-likeness (QED) is 0.196. The minimum absolute atomic E-state index is 0.637. The van der Waals surface area contributed by atoms with Gasteiger partial charge in [-0.3, -0.25) is 0 Å². The van der Waals surface area contributed by atoms with Gasteiger partial charge in [-0.25, -0.2) is 15.0 Å². The van der Waals surface area contributed by atoms with Crippen LogP contribution >= 0.6 is 0 Å². The van der Waals surface area contributed by atoms with Gasteiger partial charge >= 0.3 is 0 Å². The van der Waals surface area contributed by atoms with E-state index in [1.54, 1.807) is 0 Å². The lowest BCUT2D eigenvalue weighted by atomic mass is 9.96. The smallest absolute Gasteiger partial charge is 0.164 e. The van der Waals surface area contributed by atoms with Crippen LogP contribution in [0.15, 0.2) is 156 Å². The minimum Gasteiger partial charge on any atom is -0.456 e. The average molecular weight is 576 g/mol. The number of furan rings is 1. The zero-order valence-corrected chi connectivity index (χ0v) is 24.2. The lowest BCUT2D eigenvalue weighted by molar-refractivity contribution is 0.669. The maximum Gasteiger partial charge on any atom is 0.164 e. The molecule has 0 bridgehead atoms. The fourth-order valence-electron chi connectivity index (χ4n) is 6.33. The van der Waals surface area contributed by atoms with E-state index >= 15 is 0 Å². The molecule has 4 heteroatoms. The van der Waals surface area contributed by atoms with Gasteiger partial charge in [-0.05, 0) is 51.6 Å². The predicted octanol–water partition coefficient (Wildman–Crippen LogP) is 10.7. The third kappa shape index (κ3) is 4.35. The summed E-state index contributed by atoms with van der Waals surface area (Å²) in [5, 5.41) is 6.94.